The van der Waals surface area contributed by atoms with Crippen LogP contribution in [0.5, 0.6) is 5.75 Å². The predicted octanol–water partition coefficient (Wildman–Crippen LogP) is 5.32. The zero-order valence-corrected chi connectivity index (χ0v) is 21.0. The fourth-order valence-corrected chi connectivity index (χ4v) is 5.83. The summed E-state index contributed by atoms with van der Waals surface area (Å²) >= 11 is 0. The van der Waals surface area contributed by atoms with E-state index in [0.29, 0.717) is 6.42 Å². The number of carbonyl (C=O) groups excluding carboxylic acids is 2. The van der Waals surface area contributed by atoms with E-state index in [2.05, 4.69) is 24.1 Å². The molecule has 1 saturated heterocycles. The molecule has 0 aromatic heterocycles. The van der Waals surface area contributed by atoms with Crippen LogP contribution in [0.2, 0.25) is 0 Å². The Bertz CT molecular complexity index is 1160. The summed E-state index contributed by atoms with van der Waals surface area (Å²) in [7, 11) is 1.66. The molecule has 0 unspecified atom stereocenters. The van der Waals surface area contributed by atoms with E-state index < -0.39 is 6.04 Å². The number of para-hydroxylation sites is 3. The van der Waals surface area contributed by atoms with E-state index in [0.717, 1.165) is 66.3 Å². The minimum absolute atomic E-state index is 0.104. The Hall–Kier alpha value is -3.28. The molecule has 1 atom stereocenters. The molecule has 2 aromatic rings. The molecule has 0 spiro atoms. The van der Waals surface area contributed by atoms with Gasteiger partial charge in [0, 0.05) is 36.3 Å². The number of likely N-dealkylation sites (tertiary alicyclic amines) is 1. The summed E-state index contributed by atoms with van der Waals surface area (Å²) in [6, 6.07) is 15.5. The molecule has 1 fully saturated rings. The molecule has 35 heavy (non-hydrogen) atoms. The fraction of sp³-hybridized carbons (Fsp3) is 0.448. The van der Waals surface area contributed by atoms with Gasteiger partial charge in [-0.05, 0) is 49.3 Å². The van der Waals surface area contributed by atoms with E-state index in [1.165, 1.54) is 6.42 Å². The van der Waals surface area contributed by atoms with Crippen molar-refractivity contribution in [3.63, 3.8) is 0 Å². The Morgan fingerprint density at radius 1 is 1.03 bits per heavy atom. The molecule has 0 bridgehead atoms. The lowest BCUT2D eigenvalue weighted by Gasteiger charge is -2.39. The number of nitrogens with one attached hydrogen (secondary N) is 1. The fourth-order valence-electron chi connectivity index (χ4n) is 5.83. The SMILES string of the molecule is COc1ccccc1[C@@H]1C2=C(CC(C)(C)CC2=O)Nc2ccccc2N1CC(=O)N1CCCCC1. The van der Waals surface area contributed by atoms with Gasteiger partial charge in [0.2, 0.25) is 5.91 Å². The van der Waals surface area contributed by atoms with Gasteiger partial charge < -0.3 is 19.9 Å². The van der Waals surface area contributed by atoms with Crippen LogP contribution in [0.4, 0.5) is 11.4 Å². The quantitative estimate of drug-likeness (QED) is 0.651. The van der Waals surface area contributed by atoms with Crippen LogP contribution in [0.1, 0.15) is 57.6 Å². The second kappa shape index (κ2) is 9.40. The molecule has 5 rings (SSSR count). The highest BCUT2D eigenvalue weighted by Crippen LogP contribution is 2.49. The number of hydrogen-bond acceptors (Lipinski definition) is 5. The zero-order chi connectivity index (χ0) is 24.6. The molecule has 184 valence electrons. The van der Waals surface area contributed by atoms with Gasteiger partial charge in [-0.15, -0.1) is 0 Å². The van der Waals surface area contributed by atoms with E-state index in [1.54, 1.807) is 7.11 Å². The van der Waals surface area contributed by atoms with Crippen LogP contribution in [-0.2, 0) is 9.59 Å². The highest BCUT2D eigenvalue weighted by atomic mass is 16.5. The highest BCUT2D eigenvalue weighted by Gasteiger charge is 2.43. The van der Waals surface area contributed by atoms with Crippen molar-refractivity contribution in [3.05, 3.63) is 65.4 Å². The van der Waals surface area contributed by atoms with Gasteiger partial charge in [-0.25, -0.2) is 0 Å². The van der Waals surface area contributed by atoms with Crippen molar-refractivity contribution in [2.75, 3.05) is 37.0 Å². The number of ketones is 1. The Balaban J connectivity index is 1.69. The van der Waals surface area contributed by atoms with Crippen molar-refractivity contribution in [2.24, 2.45) is 5.41 Å². The van der Waals surface area contributed by atoms with Gasteiger partial charge in [-0.3, -0.25) is 9.59 Å². The van der Waals surface area contributed by atoms with Crippen LogP contribution in [0.25, 0.3) is 0 Å². The topological polar surface area (TPSA) is 61.9 Å². The van der Waals surface area contributed by atoms with Crippen molar-refractivity contribution < 1.29 is 14.3 Å². The molecule has 1 amide bonds. The average molecular weight is 474 g/mol. The predicted molar refractivity (Wildman–Crippen MR) is 139 cm³/mol. The number of amides is 1. The Morgan fingerprint density at radius 2 is 1.74 bits per heavy atom. The molecule has 6 heteroatoms. The lowest BCUT2D eigenvalue weighted by Crippen LogP contribution is -2.45. The van der Waals surface area contributed by atoms with Crippen LogP contribution in [0.15, 0.2) is 59.8 Å². The van der Waals surface area contributed by atoms with E-state index in [4.69, 9.17) is 4.74 Å². The largest absolute Gasteiger partial charge is 0.496 e. The average Bonchev–Trinajstić information content (AvgIpc) is 2.98. The van der Waals surface area contributed by atoms with Gasteiger partial charge in [0.15, 0.2) is 5.78 Å². The van der Waals surface area contributed by atoms with Crippen molar-refractivity contribution in [2.45, 2.75) is 52.0 Å². The van der Waals surface area contributed by atoms with Crippen molar-refractivity contribution in [1.82, 2.24) is 4.90 Å². The van der Waals surface area contributed by atoms with Gasteiger partial charge in [0.05, 0.1) is 31.1 Å². The standard InChI is InChI=1S/C29H35N3O3/c1-29(2)17-22-27(24(33)18-29)28(20-11-5-8-14-25(20)35-3)32(23-13-7-6-12-21(23)30-22)19-26(34)31-15-9-4-10-16-31/h5-8,11-14,28,30H,4,9-10,15-19H2,1-3H3/t28-/m1/s1. The number of nitrogens with zero attached hydrogens (tertiary/aromatic N) is 2. The summed E-state index contributed by atoms with van der Waals surface area (Å²) in [5.74, 6) is 0.951. The summed E-state index contributed by atoms with van der Waals surface area (Å²) in [5, 5.41) is 3.62. The molecule has 0 saturated carbocycles. The monoisotopic (exact) mass is 473 g/mol. The first-order valence-electron chi connectivity index (χ1n) is 12.7. The number of piperidine rings is 1. The smallest absolute Gasteiger partial charge is 0.242 e. The van der Waals surface area contributed by atoms with Crippen molar-refractivity contribution in [3.8, 4) is 5.75 Å². The van der Waals surface area contributed by atoms with Gasteiger partial charge >= 0.3 is 0 Å². The number of Topliss-reactive ketones (excluding diaryl/α,β-unsaturated/α-hetero) is 1. The summed E-state index contributed by atoms with van der Waals surface area (Å²) in [6.45, 7) is 6.08. The van der Waals surface area contributed by atoms with Crippen LogP contribution < -0.4 is 15.0 Å². The van der Waals surface area contributed by atoms with E-state index in [9.17, 15) is 9.59 Å². The van der Waals surface area contributed by atoms with Gasteiger partial charge in [-0.2, -0.15) is 0 Å². The molecular weight excluding hydrogens is 438 g/mol. The van der Waals surface area contributed by atoms with E-state index >= 15 is 0 Å². The first-order valence-corrected chi connectivity index (χ1v) is 12.7. The lowest BCUT2D eigenvalue weighted by atomic mass is 9.73. The molecular formula is C29H35N3O3. The number of benzene rings is 2. The van der Waals surface area contributed by atoms with Gasteiger partial charge in [0.1, 0.15) is 5.75 Å². The molecule has 1 N–H and O–H groups in total. The molecule has 0 radical (unpaired) electrons. The Labute approximate surface area is 207 Å². The van der Waals surface area contributed by atoms with Crippen molar-refractivity contribution in [1.29, 1.82) is 0 Å². The Kier molecular flexibility index (Phi) is 6.30. The number of methoxy groups -OCH3 is 1. The van der Waals surface area contributed by atoms with Crippen LogP contribution in [0, 0.1) is 5.41 Å². The van der Waals surface area contributed by atoms with E-state index in [1.807, 2.05) is 53.4 Å². The second-order valence-corrected chi connectivity index (χ2v) is 10.7. The van der Waals surface area contributed by atoms with Crippen LogP contribution >= 0.6 is 0 Å². The summed E-state index contributed by atoms with van der Waals surface area (Å²) in [6.07, 6.45) is 4.50. The van der Waals surface area contributed by atoms with Gasteiger partial charge in [0.25, 0.3) is 0 Å². The maximum Gasteiger partial charge on any atom is 0.242 e. The summed E-state index contributed by atoms with van der Waals surface area (Å²) < 4.78 is 5.78. The van der Waals surface area contributed by atoms with Gasteiger partial charge in [-0.1, -0.05) is 44.2 Å². The first kappa shape index (κ1) is 23.5. The molecule has 6 nitrogen and oxygen atoms in total. The Morgan fingerprint density at radius 3 is 2.51 bits per heavy atom. The molecule has 1 aliphatic carbocycles. The third-order valence-electron chi connectivity index (χ3n) is 7.45. The van der Waals surface area contributed by atoms with E-state index in [-0.39, 0.29) is 23.7 Å². The number of anilines is 2. The van der Waals surface area contributed by atoms with Crippen LogP contribution in [-0.4, -0.2) is 43.3 Å². The number of fused-ring (bicyclic) bond motifs is 1. The molecule has 2 aliphatic heterocycles. The summed E-state index contributed by atoms with van der Waals surface area (Å²) in [5.41, 5.74) is 4.31. The third kappa shape index (κ3) is 4.54. The number of allylic oxidation sites excluding steroid dienone is 1. The molecule has 3 aliphatic rings. The lowest BCUT2D eigenvalue weighted by molar-refractivity contribution is -0.130. The first-order chi connectivity index (χ1) is 16.9. The summed E-state index contributed by atoms with van der Waals surface area (Å²) in [4.78, 5) is 31.5. The minimum Gasteiger partial charge on any atom is -0.496 e. The second-order valence-electron chi connectivity index (χ2n) is 10.7. The molecule has 2 heterocycles. The maximum atomic E-state index is 13.8. The highest BCUT2D eigenvalue weighted by molar-refractivity contribution is 6.02. The number of hydrogen-bond donors (Lipinski definition) is 1. The normalized spacial score (nSPS) is 21.6. The van der Waals surface area contributed by atoms with Crippen molar-refractivity contribution >= 4 is 23.1 Å². The maximum absolute atomic E-state index is 13.8. The number of ether oxygens (including phenoxy) is 1. The third-order valence-corrected chi connectivity index (χ3v) is 7.45. The zero-order valence-electron chi connectivity index (χ0n) is 21.0. The number of rotatable bonds is 4. The van der Waals surface area contributed by atoms with Crippen LogP contribution in [0.3, 0.4) is 0 Å². The molecule has 2 aromatic carbocycles. The number of carbonyl (C=O) groups is 2. The minimum atomic E-state index is -0.422.